The number of aromatic amines is 1. The van der Waals surface area contributed by atoms with Crippen LogP contribution in [0.4, 0.5) is 13.2 Å². The minimum atomic E-state index is -4.42. The van der Waals surface area contributed by atoms with Crippen LogP contribution in [-0.2, 0) is 19.1 Å². The average molecular weight is 416 g/mol. The largest absolute Gasteiger partial charge is 0.416 e. The maximum Gasteiger partial charge on any atom is 0.416 e. The summed E-state index contributed by atoms with van der Waals surface area (Å²) < 4.78 is 41.0. The number of rotatable bonds is 8. The highest BCUT2D eigenvalue weighted by Gasteiger charge is 2.32. The van der Waals surface area contributed by atoms with Crippen molar-refractivity contribution in [1.82, 2.24) is 20.4 Å². The molecule has 3 rings (SSSR count). The van der Waals surface area contributed by atoms with Crippen LogP contribution in [0.15, 0.2) is 48.7 Å². The third-order valence-corrected chi connectivity index (χ3v) is 5.24. The lowest BCUT2D eigenvalue weighted by atomic mass is 9.91. The van der Waals surface area contributed by atoms with E-state index in [0.29, 0.717) is 29.8 Å². The third kappa shape index (κ3) is 5.29. The van der Waals surface area contributed by atoms with E-state index >= 15 is 0 Å². The summed E-state index contributed by atoms with van der Waals surface area (Å²) in [5.41, 5.74) is 3.77. The normalized spacial score (nSPS) is 12.0. The number of likely N-dealkylation sites (N-methyl/N-ethyl adjacent to an activating group) is 2. The Balaban J connectivity index is 2.02. The fourth-order valence-corrected chi connectivity index (χ4v) is 3.52. The highest BCUT2D eigenvalue weighted by Crippen LogP contribution is 2.37. The molecule has 0 amide bonds. The van der Waals surface area contributed by atoms with Crippen LogP contribution in [0.25, 0.3) is 11.3 Å². The van der Waals surface area contributed by atoms with Crippen molar-refractivity contribution in [3.05, 3.63) is 76.5 Å². The smallest absolute Gasteiger partial charge is 0.318 e. The van der Waals surface area contributed by atoms with Gasteiger partial charge in [0.05, 0.1) is 11.3 Å². The summed E-state index contributed by atoms with van der Waals surface area (Å²) in [7, 11) is 3.87. The van der Waals surface area contributed by atoms with Gasteiger partial charge in [0, 0.05) is 37.0 Å². The summed E-state index contributed by atoms with van der Waals surface area (Å²) in [5.74, 6) is 0. The molecule has 4 nitrogen and oxygen atoms in total. The number of hydrogen-bond donors (Lipinski definition) is 2. The predicted molar refractivity (Wildman–Crippen MR) is 113 cm³/mol. The van der Waals surface area contributed by atoms with Crippen LogP contribution in [0.3, 0.4) is 0 Å². The third-order valence-electron chi connectivity index (χ3n) is 5.24. The van der Waals surface area contributed by atoms with E-state index in [-0.39, 0.29) is 0 Å². The molecule has 0 aliphatic carbocycles. The van der Waals surface area contributed by atoms with Crippen molar-refractivity contribution in [2.24, 2.45) is 0 Å². The van der Waals surface area contributed by atoms with E-state index in [1.807, 2.05) is 51.4 Å². The molecule has 30 heavy (non-hydrogen) atoms. The summed E-state index contributed by atoms with van der Waals surface area (Å²) in [5, 5.41) is 10.3. The van der Waals surface area contributed by atoms with Crippen molar-refractivity contribution < 1.29 is 13.2 Å². The van der Waals surface area contributed by atoms with E-state index < -0.39 is 11.7 Å². The summed E-state index contributed by atoms with van der Waals surface area (Å²) in [6, 6.07) is 12.0. The zero-order valence-electron chi connectivity index (χ0n) is 17.5. The van der Waals surface area contributed by atoms with E-state index in [2.05, 4.69) is 20.4 Å². The standard InChI is InChI=1S/C23H27F3N4/c1-16-18(11-17-7-5-4-6-8-17)12-20(23(24,25)26)13-21(16)22-19(14-28-29-22)15-30(3)10-9-27-2/h4-8,12-14,27H,9-11,15H2,1-3H3,(H,28,29). The molecule has 0 radical (unpaired) electrons. The molecule has 1 aromatic heterocycles. The Bertz CT molecular complexity index is 964. The number of benzene rings is 2. The minimum absolute atomic E-state index is 0.436. The number of nitrogens with zero attached hydrogens (tertiary/aromatic N) is 2. The molecule has 3 aromatic rings. The summed E-state index contributed by atoms with van der Waals surface area (Å²) in [6.45, 7) is 4.11. The van der Waals surface area contributed by atoms with E-state index in [9.17, 15) is 13.2 Å². The predicted octanol–water partition coefficient (Wildman–Crippen LogP) is 4.65. The van der Waals surface area contributed by atoms with Crippen LogP contribution in [-0.4, -0.2) is 42.3 Å². The Labute approximate surface area is 175 Å². The van der Waals surface area contributed by atoms with Crippen LogP contribution < -0.4 is 5.32 Å². The maximum absolute atomic E-state index is 13.7. The molecule has 0 unspecified atom stereocenters. The zero-order valence-corrected chi connectivity index (χ0v) is 17.5. The number of H-pyrrole nitrogens is 1. The Hall–Kier alpha value is -2.64. The molecule has 0 aliphatic heterocycles. The second-order valence-corrected chi connectivity index (χ2v) is 7.57. The molecule has 2 aromatic carbocycles. The monoisotopic (exact) mass is 416 g/mol. The molecule has 0 atom stereocenters. The lowest BCUT2D eigenvalue weighted by Crippen LogP contribution is -2.27. The highest BCUT2D eigenvalue weighted by atomic mass is 19.4. The Morgan fingerprint density at radius 2 is 1.83 bits per heavy atom. The van der Waals surface area contributed by atoms with Gasteiger partial charge < -0.3 is 10.2 Å². The summed E-state index contributed by atoms with van der Waals surface area (Å²) in [4.78, 5) is 2.11. The minimum Gasteiger partial charge on any atom is -0.318 e. The molecule has 0 fully saturated rings. The SMILES string of the molecule is CNCCN(C)Cc1c[nH]nc1-c1cc(C(F)(F)F)cc(Cc2ccccc2)c1C. The topological polar surface area (TPSA) is 44.0 Å². The van der Waals surface area contributed by atoms with Gasteiger partial charge in [-0.15, -0.1) is 0 Å². The van der Waals surface area contributed by atoms with Gasteiger partial charge in [-0.05, 0) is 56.3 Å². The number of alkyl halides is 3. The van der Waals surface area contributed by atoms with Crippen molar-refractivity contribution in [1.29, 1.82) is 0 Å². The quantitative estimate of drug-likeness (QED) is 0.562. The van der Waals surface area contributed by atoms with Crippen molar-refractivity contribution in [3.63, 3.8) is 0 Å². The molecule has 2 N–H and O–H groups in total. The summed E-state index contributed by atoms with van der Waals surface area (Å²) >= 11 is 0. The van der Waals surface area contributed by atoms with E-state index in [4.69, 9.17) is 0 Å². The van der Waals surface area contributed by atoms with Gasteiger partial charge in [0.15, 0.2) is 0 Å². The van der Waals surface area contributed by atoms with Crippen LogP contribution in [0.2, 0.25) is 0 Å². The maximum atomic E-state index is 13.7. The number of halogens is 3. The molecular weight excluding hydrogens is 389 g/mol. The first-order valence-electron chi connectivity index (χ1n) is 9.90. The van der Waals surface area contributed by atoms with Crippen LogP contribution in [0.1, 0.15) is 27.8 Å². The van der Waals surface area contributed by atoms with Gasteiger partial charge in [0.1, 0.15) is 0 Å². The fourth-order valence-electron chi connectivity index (χ4n) is 3.52. The molecule has 0 spiro atoms. The zero-order chi connectivity index (χ0) is 21.7. The summed E-state index contributed by atoms with van der Waals surface area (Å²) in [6.07, 6.45) is -2.22. The molecule has 0 saturated carbocycles. The second kappa shape index (κ2) is 9.45. The van der Waals surface area contributed by atoms with Crippen LogP contribution in [0.5, 0.6) is 0 Å². The first-order chi connectivity index (χ1) is 14.3. The molecule has 160 valence electrons. The van der Waals surface area contributed by atoms with Gasteiger partial charge in [-0.3, -0.25) is 5.10 Å². The van der Waals surface area contributed by atoms with Crippen molar-refractivity contribution >= 4 is 0 Å². The van der Waals surface area contributed by atoms with Crippen molar-refractivity contribution in [2.45, 2.75) is 26.1 Å². The number of nitrogens with one attached hydrogen (secondary N) is 2. The molecule has 0 bridgehead atoms. The van der Waals surface area contributed by atoms with E-state index in [1.165, 1.54) is 12.1 Å². The first kappa shape index (κ1) is 22.1. The van der Waals surface area contributed by atoms with Gasteiger partial charge in [-0.1, -0.05) is 30.3 Å². The van der Waals surface area contributed by atoms with Gasteiger partial charge in [0.2, 0.25) is 0 Å². The Morgan fingerprint density at radius 1 is 1.10 bits per heavy atom. The molecule has 7 heteroatoms. The molecule has 0 aliphatic rings. The van der Waals surface area contributed by atoms with Crippen molar-refractivity contribution in [3.8, 4) is 11.3 Å². The second-order valence-electron chi connectivity index (χ2n) is 7.57. The molecular formula is C23H27F3N4. The van der Waals surface area contributed by atoms with Gasteiger partial charge in [0.25, 0.3) is 0 Å². The van der Waals surface area contributed by atoms with Crippen LogP contribution in [0, 0.1) is 6.92 Å². The number of aromatic nitrogens is 2. The van der Waals surface area contributed by atoms with E-state index in [1.54, 1.807) is 6.20 Å². The molecule has 1 heterocycles. The van der Waals surface area contributed by atoms with Gasteiger partial charge in [-0.2, -0.15) is 18.3 Å². The lowest BCUT2D eigenvalue weighted by Gasteiger charge is -2.18. The average Bonchev–Trinajstić information content (AvgIpc) is 3.15. The Morgan fingerprint density at radius 3 is 2.50 bits per heavy atom. The van der Waals surface area contributed by atoms with E-state index in [0.717, 1.165) is 29.8 Å². The van der Waals surface area contributed by atoms with Crippen molar-refractivity contribution in [2.75, 3.05) is 27.2 Å². The van der Waals surface area contributed by atoms with Crippen LogP contribution >= 0.6 is 0 Å². The lowest BCUT2D eigenvalue weighted by molar-refractivity contribution is -0.137. The van der Waals surface area contributed by atoms with Gasteiger partial charge in [-0.25, -0.2) is 0 Å². The first-order valence-corrected chi connectivity index (χ1v) is 9.90. The molecule has 0 saturated heterocycles. The number of hydrogen-bond acceptors (Lipinski definition) is 3. The Kier molecular flexibility index (Phi) is 6.95. The van der Waals surface area contributed by atoms with Gasteiger partial charge >= 0.3 is 6.18 Å². The fraction of sp³-hybridized carbons (Fsp3) is 0.348. The highest BCUT2D eigenvalue weighted by molar-refractivity contribution is 5.69.